The normalized spacial score (nSPS) is 21.7. The minimum absolute atomic E-state index is 0.450. The van der Waals surface area contributed by atoms with Crippen molar-refractivity contribution in [3.63, 3.8) is 0 Å². The number of anilines is 1. The SMILES string of the molecule is CC1(C)CCN(c2ncns2)C1. The summed E-state index contributed by atoms with van der Waals surface area (Å²) in [7, 11) is 0. The summed E-state index contributed by atoms with van der Waals surface area (Å²) >= 11 is 1.49. The summed E-state index contributed by atoms with van der Waals surface area (Å²) in [6, 6.07) is 0. The molecule has 1 aromatic heterocycles. The Morgan fingerprint density at radius 3 is 2.92 bits per heavy atom. The van der Waals surface area contributed by atoms with E-state index < -0.39 is 0 Å². The van der Waals surface area contributed by atoms with Gasteiger partial charge in [0.1, 0.15) is 6.33 Å². The lowest BCUT2D eigenvalue weighted by Gasteiger charge is -2.18. The predicted molar refractivity (Wildman–Crippen MR) is 50.5 cm³/mol. The van der Waals surface area contributed by atoms with Crippen molar-refractivity contribution in [3.8, 4) is 0 Å². The molecule has 66 valence electrons. The average Bonchev–Trinajstić information content (AvgIpc) is 2.55. The molecule has 4 heteroatoms. The Kier molecular flexibility index (Phi) is 1.79. The van der Waals surface area contributed by atoms with E-state index in [0.29, 0.717) is 5.41 Å². The second-order valence-corrected chi connectivity index (χ2v) is 4.82. The zero-order valence-corrected chi connectivity index (χ0v) is 8.27. The third-order valence-corrected chi connectivity index (χ3v) is 3.02. The first-order valence-corrected chi connectivity index (χ1v) is 4.96. The molecule has 3 nitrogen and oxygen atoms in total. The van der Waals surface area contributed by atoms with E-state index in [-0.39, 0.29) is 0 Å². The summed E-state index contributed by atoms with van der Waals surface area (Å²) in [6.07, 6.45) is 2.89. The van der Waals surface area contributed by atoms with E-state index in [1.807, 2.05) is 0 Å². The second-order valence-electron chi connectivity index (χ2n) is 4.06. The Bertz CT molecular complexity index is 255. The third kappa shape index (κ3) is 1.43. The monoisotopic (exact) mass is 183 g/mol. The zero-order chi connectivity index (χ0) is 8.60. The molecule has 1 aliphatic heterocycles. The molecule has 1 aliphatic rings. The van der Waals surface area contributed by atoms with Gasteiger partial charge in [-0.05, 0) is 11.8 Å². The first-order valence-electron chi connectivity index (χ1n) is 4.19. The highest BCUT2D eigenvalue weighted by Gasteiger charge is 2.30. The summed E-state index contributed by atoms with van der Waals surface area (Å²) in [5, 5.41) is 1.07. The standard InChI is InChI=1S/C8H13N3S/c1-8(2)3-4-11(5-8)7-9-6-10-12-7/h6H,3-5H2,1-2H3. The lowest BCUT2D eigenvalue weighted by molar-refractivity contribution is 0.418. The molecule has 2 heterocycles. The topological polar surface area (TPSA) is 29.0 Å². The van der Waals surface area contributed by atoms with E-state index in [9.17, 15) is 0 Å². The number of aromatic nitrogens is 2. The van der Waals surface area contributed by atoms with Crippen LogP contribution in [0.5, 0.6) is 0 Å². The van der Waals surface area contributed by atoms with Crippen molar-refractivity contribution in [2.45, 2.75) is 20.3 Å². The van der Waals surface area contributed by atoms with E-state index in [2.05, 4.69) is 28.1 Å². The van der Waals surface area contributed by atoms with Crippen LogP contribution in [0, 0.1) is 5.41 Å². The van der Waals surface area contributed by atoms with Crippen LogP contribution >= 0.6 is 11.5 Å². The summed E-state index contributed by atoms with van der Waals surface area (Å²) < 4.78 is 4.00. The maximum absolute atomic E-state index is 4.20. The summed E-state index contributed by atoms with van der Waals surface area (Å²) in [5.41, 5.74) is 0.450. The van der Waals surface area contributed by atoms with Crippen LogP contribution in [0.1, 0.15) is 20.3 Å². The minimum atomic E-state index is 0.450. The first kappa shape index (κ1) is 7.98. The lowest BCUT2D eigenvalue weighted by Crippen LogP contribution is -2.22. The van der Waals surface area contributed by atoms with Gasteiger partial charge in [0.05, 0.1) is 0 Å². The Morgan fingerprint density at radius 2 is 2.42 bits per heavy atom. The van der Waals surface area contributed by atoms with Crippen molar-refractivity contribution in [1.29, 1.82) is 0 Å². The van der Waals surface area contributed by atoms with Gasteiger partial charge in [-0.15, -0.1) is 0 Å². The van der Waals surface area contributed by atoms with Gasteiger partial charge in [-0.3, -0.25) is 0 Å². The van der Waals surface area contributed by atoms with Crippen molar-refractivity contribution >= 4 is 16.7 Å². The van der Waals surface area contributed by atoms with Crippen LogP contribution in [-0.2, 0) is 0 Å². The maximum atomic E-state index is 4.20. The van der Waals surface area contributed by atoms with Crippen LogP contribution in [0.4, 0.5) is 5.13 Å². The molecule has 0 saturated carbocycles. The van der Waals surface area contributed by atoms with Crippen LogP contribution in [0.2, 0.25) is 0 Å². The summed E-state index contributed by atoms with van der Waals surface area (Å²) in [6.45, 7) is 6.84. The molecule has 2 rings (SSSR count). The molecule has 0 radical (unpaired) electrons. The van der Waals surface area contributed by atoms with Crippen LogP contribution in [0.15, 0.2) is 6.33 Å². The molecule has 0 N–H and O–H groups in total. The predicted octanol–water partition coefficient (Wildman–Crippen LogP) is 1.77. The van der Waals surface area contributed by atoms with Crippen molar-refractivity contribution in [2.75, 3.05) is 18.0 Å². The van der Waals surface area contributed by atoms with Gasteiger partial charge in [0.25, 0.3) is 0 Å². The average molecular weight is 183 g/mol. The van der Waals surface area contributed by atoms with Gasteiger partial charge in [-0.1, -0.05) is 13.8 Å². The van der Waals surface area contributed by atoms with Gasteiger partial charge < -0.3 is 4.90 Å². The van der Waals surface area contributed by atoms with E-state index in [1.165, 1.54) is 18.0 Å². The minimum Gasteiger partial charge on any atom is -0.346 e. The Morgan fingerprint density at radius 1 is 1.58 bits per heavy atom. The van der Waals surface area contributed by atoms with Crippen molar-refractivity contribution in [1.82, 2.24) is 9.36 Å². The van der Waals surface area contributed by atoms with Crippen LogP contribution in [-0.4, -0.2) is 22.4 Å². The molecular formula is C8H13N3S. The Balaban J connectivity index is 2.10. The molecule has 0 spiro atoms. The quantitative estimate of drug-likeness (QED) is 0.664. The van der Waals surface area contributed by atoms with Gasteiger partial charge in [-0.25, -0.2) is 4.98 Å². The largest absolute Gasteiger partial charge is 0.346 e. The fourth-order valence-electron chi connectivity index (χ4n) is 1.58. The van der Waals surface area contributed by atoms with E-state index in [1.54, 1.807) is 6.33 Å². The highest BCUT2D eigenvalue weighted by molar-refractivity contribution is 7.09. The van der Waals surface area contributed by atoms with Gasteiger partial charge in [0, 0.05) is 24.6 Å². The number of hydrogen-bond acceptors (Lipinski definition) is 4. The van der Waals surface area contributed by atoms with Gasteiger partial charge in [-0.2, -0.15) is 4.37 Å². The first-order chi connectivity index (χ1) is 5.67. The molecular weight excluding hydrogens is 170 g/mol. The summed E-state index contributed by atoms with van der Waals surface area (Å²) in [5.74, 6) is 0. The van der Waals surface area contributed by atoms with Gasteiger partial charge in [0.2, 0.25) is 5.13 Å². The van der Waals surface area contributed by atoms with Gasteiger partial charge in [0.15, 0.2) is 0 Å². The Hall–Kier alpha value is -0.640. The van der Waals surface area contributed by atoms with Crippen molar-refractivity contribution in [2.24, 2.45) is 5.41 Å². The molecule has 12 heavy (non-hydrogen) atoms. The molecule has 0 atom stereocenters. The molecule has 0 bridgehead atoms. The summed E-state index contributed by atoms with van der Waals surface area (Å²) in [4.78, 5) is 6.51. The smallest absolute Gasteiger partial charge is 0.204 e. The fraction of sp³-hybridized carbons (Fsp3) is 0.750. The molecule has 1 aromatic rings. The molecule has 0 amide bonds. The number of nitrogens with zero attached hydrogens (tertiary/aromatic N) is 3. The second kappa shape index (κ2) is 2.69. The van der Waals surface area contributed by atoms with Crippen LogP contribution in [0.3, 0.4) is 0 Å². The highest BCUT2D eigenvalue weighted by atomic mass is 32.1. The van der Waals surface area contributed by atoms with Crippen LogP contribution in [0.25, 0.3) is 0 Å². The van der Waals surface area contributed by atoms with E-state index >= 15 is 0 Å². The maximum Gasteiger partial charge on any atom is 0.204 e. The molecule has 0 aromatic carbocycles. The van der Waals surface area contributed by atoms with Crippen LogP contribution < -0.4 is 4.90 Å². The molecule has 1 saturated heterocycles. The lowest BCUT2D eigenvalue weighted by atomic mass is 9.93. The van der Waals surface area contributed by atoms with Crippen molar-refractivity contribution < 1.29 is 0 Å². The highest BCUT2D eigenvalue weighted by Crippen LogP contribution is 2.32. The third-order valence-electron chi connectivity index (χ3n) is 2.30. The molecule has 0 aliphatic carbocycles. The number of hydrogen-bond donors (Lipinski definition) is 0. The van der Waals surface area contributed by atoms with Crippen molar-refractivity contribution in [3.05, 3.63) is 6.33 Å². The molecule has 0 unspecified atom stereocenters. The van der Waals surface area contributed by atoms with Gasteiger partial charge >= 0.3 is 0 Å². The fourth-order valence-corrected chi connectivity index (χ4v) is 2.14. The van der Waals surface area contributed by atoms with E-state index in [0.717, 1.165) is 18.2 Å². The number of rotatable bonds is 1. The molecule has 1 fully saturated rings. The zero-order valence-electron chi connectivity index (χ0n) is 7.45. The van der Waals surface area contributed by atoms with E-state index in [4.69, 9.17) is 0 Å². The Labute approximate surface area is 76.6 Å².